The third kappa shape index (κ3) is 5.12. The van der Waals surface area contributed by atoms with E-state index in [1.54, 1.807) is 12.1 Å². The number of carbonyl (C=O) groups is 1. The Bertz CT molecular complexity index is 631. The molecule has 2 heterocycles. The number of amides is 1. The molecular formula is C14H19ClFN3O3S. The Morgan fingerprint density at radius 3 is 2.65 bits per heavy atom. The van der Waals surface area contributed by atoms with Crippen molar-refractivity contribution in [2.45, 2.75) is 19.3 Å². The van der Waals surface area contributed by atoms with Crippen molar-refractivity contribution >= 4 is 33.3 Å². The van der Waals surface area contributed by atoms with Crippen molar-refractivity contribution in [3.8, 4) is 0 Å². The van der Waals surface area contributed by atoms with Crippen molar-refractivity contribution in [1.82, 2.24) is 9.29 Å². The zero-order valence-corrected chi connectivity index (χ0v) is 14.1. The summed E-state index contributed by atoms with van der Waals surface area (Å²) in [5.74, 6) is -0.215. The lowest BCUT2D eigenvalue weighted by molar-refractivity contribution is -0.120. The Labute approximate surface area is 140 Å². The molecular weight excluding hydrogens is 345 g/mol. The van der Waals surface area contributed by atoms with Crippen LogP contribution in [0.1, 0.15) is 19.3 Å². The number of hydrogen-bond donors (Lipinski definition) is 1. The predicted octanol–water partition coefficient (Wildman–Crippen LogP) is 2.07. The van der Waals surface area contributed by atoms with Crippen molar-refractivity contribution in [1.29, 1.82) is 0 Å². The van der Waals surface area contributed by atoms with E-state index in [-0.39, 0.29) is 37.1 Å². The molecule has 128 valence electrons. The van der Waals surface area contributed by atoms with Gasteiger partial charge in [0.1, 0.15) is 5.82 Å². The summed E-state index contributed by atoms with van der Waals surface area (Å²) in [4.78, 5) is 16.2. The maximum Gasteiger partial charge on any atom is 0.228 e. The van der Waals surface area contributed by atoms with Crippen LogP contribution in [0.4, 0.5) is 10.2 Å². The molecule has 1 fully saturated rings. The number of halogens is 2. The fraction of sp³-hybridized carbons (Fsp3) is 0.571. The molecule has 0 spiro atoms. The molecule has 1 aromatic rings. The Kier molecular flexibility index (Phi) is 6.32. The number of anilines is 1. The lowest BCUT2D eigenvalue weighted by Crippen LogP contribution is -2.42. The van der Waals surface area contributed by atoms with E-state index in [0.29, 0.717) is 23.7 Å². The molecule has 23 heavy (non-hydrogen) atoms. The highest BCUT2D eigenvalue weighted by Gasteiger charge is 2.30. The molecule has 9 heteroatoms. The zero-order valence-electron chi connectivity index (χ0n) is 12.5. The second-order valence-corrected chi connectivity index (χ2v) is 7.91. The number of sulfonamides is 1. The second kappa shape index (κ2) is 8.03. The van der Waals surface area contributed by atoms with Gasteiger partial charge in [0.25, 0.3) is 0 Å². The largest absolute Gasteiger partial charge is 0.310 e. The number of carbonyl (C=O) groups excluding carboxylic acids is 1. The zero-order chi connectivity index (χ0) is 16.9. The summed E-state index contributed by atoms with van der Waals surface area (Å²) in [5.41, 5.74) is 0. The number of aromatic nitrogens is 1. The summed E-state index contributed by atoms with van der Waals surface area (Å²) in [5, 5.41) is 3.18. The van der Waals surface area contributed by atoms with Gasteiger partial charge in [-0.1, -0.05) is 11.6 Å². The number of piperidine rings is 1. The van der Waals surface area contributed by atoms with E-state index in [2.05, 4.69) is 10.3 Å². The summed E-state index contributed by atoms with van der Waals surface area (Å²) >= 11 is 5.73. The van der Waals surface area contributed by atoms with E-state index in [9.17, 15) is 17.6 Å². The third-order valence-corrected chi connectivity index (χ3v) is 5.91. The molecule has 1 saturated heterocycles. The molecule has 0 atom stereocenters. The van der Waals surface area contributed by atoms with Crippen molar-refractivity contribution in [3.63, 3.8) is 0 Å². The van der Waals surface area contributed by atoms with Crippen LogP contribution in [0.15, 0.2) is 18.3 Å². The highest BCUT2D eigenvalue weighted by Crippen LogP contribution is 2.22. The molecule has 1 aliphatic rings. The van der Waals surface area contributed by atoms with E-state index >= 15 is 0 Å². The number of alkyl halides is 1. The second-order valence-electron chi connectivity index (χ2n) is 5.38. The van der Waals surface area contributed by atoms with Crippen molar-refractivity contribution < 1.29 is 17.6 Å². The fourth-order valence-corrected chi connectivity index (χ4v) is 4.05. The van der Waals surface area contributed by atoms with Crippen molar-refractivity contribution in [3.05, 3.63) is 23.4 Å². The quantitative estimate of drug-likeness (QED) is 0.839. The smallest absolute Gasteiger partial charge is 0.228 e. The number of rotatable bonds is 6. The Balaban J connectivity index is 1.86. The number of hydrogen-bond acceptors (Lipinski definition) is 4. The first kappa shape index (κ1) is 18.1. The van der Waals surface area contributed by atoms with Crippen LogP contribution in [-0.4, -0.2) is 49.1 Å². The fourth-order valence-electron chi connectivity index (χ4n) is 2.44. The van der Waals surface area contributed by atoms with Crippen LogP contribution in [0, 0.1) is 5.92 Å². The van der Waals surface area contributed by atoms with Gasteiger partial charge in [-0.15, -0.1) is 0 Å². The van der Waals surface area contributed by atoms with Gasteiger partial charge in [0.15, 0.2) is 0 Å². The molecule has 0 bridgehead atoms. The van der Waals surface area contributed by atoms with Crippen LogP contribution in [0.25, 0.3) is 0 Å². The Morgan fingerprint density at radius 1 is 1.39 bits per heavy atom. The molecule has 1 amide bonds. The summed E-state index contributed by atoms with van der Waals surface area (Å²) < 4.78 is 37.4. The van der Waals surface area contributed by atoms with Crippen LogP contribution >= 0.6 is 11.6 Å². The molecule has 0 saturated carbocycles. The number of nitrogens with zero attached hydrogens (tertiary/aromatic N) is 2. The van der Waals surface area contributed by atoms with Gasteiger partial charge < -0.3 is 5.32 Å². The molecule has 1 N–H and O–H groups in total. The van der Waals surface area contributed by atoms with Crippen LogP contribution in [-0.2, 0) is 14.8 Å². The Morgan fingerprint density at radius 2 is 2.09 bits per heavy atom. The summed E-state index contributed by atoms with van der Waals surface area (Å²) in [7, 11) is -3.42. The molecule has 1 aromatic heterocycles. The minimum Gasteiger partial charge on any atom is -0.310 e. The van der Waals surface area contributed by atoms with Crippen molar-refractivity contribution in [2.24, 2.45) is 5.92 Å². The number of pyridine rings is 1. The first-order chi connectivity index (χ1) is 10.9. The highest BCUT2D eigenvalue weighted by atomic mass is 35.5. The topological polar surface area (TPSA) is 79.4 Å². The lowest BCUT2D eigenvalue weighted by atomic mass is 9.97. The lowest BCUT2D eigenvalue weighted by Gasteiger charge is -2.30. The average molecular weight is 364 g/mol. The minimum absolute atomic E-state index is 0.00494. The molecule has 2 rings (SSSR count). The van der Waals surface area contributed by atoms with E-state index in [1.165, 1.54) is 10.5 Å². The minimum atomic E-state index is -3.42. The standard InChI is InChI=1S/C14H19ClFN3O3S/c15-12-2-3-13(17-10-12)18-14(20)11-4-7-19(8-5-11)23(21,22)9-1-6-16/h2-3,10-11H,1,4-9H2,(H,17,18,20). The molecule has 0 aliphatic carbocycles. The maximum absolute atomic E-state index is 12.2. The van der Waals surface area contributed by atoms with Gasteiger partial charge in [-0.2, -0.15) is 0 Å². The molecule has 0 radical (unpaired) electrons. The molecule has 6 nitrogen and oxygen atoms in total. The van der Waals surface area contributed by atoms with Gasteiger partial charge in [-0.25, -0.2) is 17.7 Å². The summed E-state index contributed by atoms with van der Waals surface area (Å²) in [6.45, 7) is -0.0896. The van der Waals surface area contributed by atoms with Gasteiger partial charge >= 0.3 is 0 Å². The molecule has 0 aromatic carbocycles. The monoisotopic (exact) mass is 363 g/mol. The van der Waals surface area contributed by atoms with Gasteiger partial charge in [0, 0.05) is 25.2 Å². The van der Waals surface area contributed by atoms with Gasteiger partial charge in [0.05, 0.1) is 17.5 Å². The first-order valence-electron chi connectivity index (χ1n) is 7.38. The summed E-state index contributed by atoms with van der Waals surface area (Å²) in [6, 6.07) is 3.24. The van der Waals surface area contributed by atoms with Gasteiger partial charge in [-0.3, -0.25) is 9.18 Å². The molecule has 1 aliphatic heterocycles. The normalized spacial score (nSPS) is 17.1. The van der Waals surface area contributed by atoms with E-state index in [4.69, 9.17) is 11.6 Å². The van der Waals surface area contributed by atoms with Gasteiger partial charge in [0.2, 0.25) is 15.9 Å². The van der Waals surface area contributed by atoms with E-state index in [1.807, 2.05) is 0 Å². The van der Waals surface area contributed by atoms with E-state index < -0.39 is 16.7 Å². The summed E-state index contributed by atoms with van der Waals surface area (Å²) in [6.07, 6.45) is 2.32. The maximum atomic E-state index is 12.2. The van der Waals surface area contributed by atoms with Crippen LogP contribution in [0.5, 0.6) is 0 Å². The average Bonchev–Trinajstić information content (AvgIpc) is 2.55. The predicted molar refractivity (Wildman–Crippen MR) is 86.6 cm³/mol. The first-order valence-corrected chi connectivity index (χ1v) is 9.37. The highest BCUT2D eigenvalue weighted by molar-refractivity contribution is 7.89. The van der Waals surface area contributed by atoms with Crippen LogP contribution < -0.4 is 5.32 Å². The molecule has 0 unspecified atom stereocenters. The third-order valence-electron chi connectivity index (χ3n) is 3.73. The van der Waals surface area contributed by atoms with E-state index in [0.717, 1.165) is 0 Å². The Hall–Kier alpha value is -1.25. The van der Waals surface area contributed by atoms with Crippen LogP contribution in [0.3, 0.4) is 0 Å². The SMILES string of the molecule is O=C(Nc1ccc(Cl)cn1)C1CCN(S(=O)(=O)CCCF)CC1. The van der Waals surface area contributed by atoms with Crippen LogP contribution in [0.2, 0.25) is 5.02 Å². The number of nitrogens with one attached hydrogen (secondary N) is 1. The van der Waals surface area contributed by atoms with Crippen molar-refractivity contribution in [2.75, 3.05) is 30.8 Å². The van der Waals surface area contributed by atoms with Gasteiger partial charge in [-0.05, 0) is 31.4 Å².